The Balaban J connectivity index is 0.00000108. The zero-order valence-corrected chi connectivity index (χ0v) is 90.5. The number of rotatable bonds is 65. The van der Waals surface area contributed by atoms with Crippen molar-refractivity contribution in [2.75, 3.05) is 52.5 Å². The Hall–Kier alpha value is -11.3. The second kappa shape index (κ2) is 70.5. The first kappa shape index (κ1) is 131. The Bertz CT molecular complexity index is 4360. The minimum Gasteiger partial charge on any atom is -0.619 e. The number of carbonyl (C=O) groups excluding carboxylic acids is 15. The summed E-state index contributed by atoms with van der Waals surface area (Å²) >= 11 is 0. The molecule has 20 N–H and O–H groups in total. The average molecular weight is 2030 g/mol. The van der Waals surface area contributed by atoms with Gasteiger partial charge in [-0.25, -0.2) is 0 Å². The number of amides is 15. The van der Waals surface area contributed by atoms with E-state index in [0.29, 0.717) is 124 Å². The largest absolute Gasteiger partial charge is 0.619 e. The van der Waals surface area contributed by atoms with Crippen LogP contribution in [0.15, 0.2) is 73.6 Å². The van der Waals surface area contributed by atoms with Gasteiger partial charge in [-0.1, -0.05) is 198 Å². The number of hydrogen-bond donors (Lipinski definition) is 20. The van der Waals surface area contributed by atoms with Gasteiger partial charge in [0, 0.05) is 100 Å². The quantitative estimate of drug-likeness (QED) is 0.0281. The molecule has 3 aromatic heterocycles. The molecule has 0 aliphatic rings. The van der Waals surface area contributed by atoms with Crippen LogP contribution in [0.4, 0.5) is 0 Å². The number of nitrogens with one attached hydrogen (secondary N) is 18. The average Bonchev–Trinajstić information content (AvgIpc) is 0.853. The van der Waals surface area contributed by atoms with Gasteiger partial charge in [0.25, 0.3) is 17.7 Å². The molecule has 0 aliphatic carbocycles. The smallest absolute Gasteiger partial charge is 0.252 e. The van der Waals surface area contributed by atoms with Gasteiger partial charge in [-0.05, 0) is 131 Å². The van der Waals surface area contributed by atoms with Gasteiger partial charge in [-0.15, -0.1) is 0 Å². The number of aliphatic hydroxyl groups is 2. The molecular formula is C103H179N21O20. The Morgan fingerprint density at radius 1 is 0.271 bits per heavy atom. The summed E-state index contributed by atoms with van der Waals surface area (Å²) in [7, 11) is 0. The Labute approximate surface area is 854 Å². The molecule has 0 unspecified atom stereocenters. The monoisotopic (exact) mass is 2030 g/mol. The summed E-state index contributed by atoms with van der Waals surface area (Å²) in [6.45, 7) is 50.7. The molecule has 0 saturated carbocycles. The first-order valence-electron chi connectivity index (χ1n) is 51.9. The van der Waals surface area contributed by atoms with Gasteiger partial charge in [-0.2, -0.15) is 14.2 Å². The summed E-state index contributed by atoms with van der Waals surface area (Å²) in [6.07, 6.45) is 14.3. The summed E-state index contributed by atoms with van der Waals surface area (Å²) in [4.78, 5) is 198. The maximum Gasteiger partial charge on any atom is 0.252 e. The van der Waals surface area contributed by atoms with E-state index in [1.54, 1.807) is 13.8 Å². The summed E-state index contributed by atoms with van der Waals surface area (Å²) in [5, 5.41) is 106. The lowest BCUT2D eigenvalue weighted by atomic mass is 9.97. The number of hydrogen-bond acceptors (Lipinski definition) is 23. The predicted molar refractivity (Wildman–Crippen MR) is 553 cm³/mol. The van der Waals surface area contributed by atoms with Crippen LogP contribution in [-0.4, -0.2) is 242 Å². The van der Waals surface area contributed by atoms with Crippen molar-refractivity contribution in [2.24, 2.45) is 59.2 Å². The lowest BCUT2D eigenvalue weighted by molar-refractivity contribution is -0.605. The van der Waals surface area contributed by atoms with E-state index in [4.69, 9.17) is 0 Å². The molecule has 41 heteroatoms. The van der Waals surface area contributed by atoms with Gasteiger partial charge < -0.3 is 122 Å². The van der Waals surface area contributed by atoms with E-state index >= 15 is 0 Å². The van der Waals surface area contributed by atoms with Crippen molar-refractivity contribution in [2.45, 2.75) is 361 Å². The van der Waals surface area contributed by atoms with Crippen LogP contribution in [-0.2, 0) is 57.5 Å². The zero-order valence-electron chi connectivity index (χ0n) is 90.5. The van der Waals surface area contributed by atoms with Crippen molar-refractivity contribution in [3.8, 4) is 0 Å². The molecule has 0 fully saturated rings. The highest BCUT2D eigenvalue weighted by molar-refractivity contribution is 6.01. The first-order valence-corrected chi connectivity index (χ1v) is 51.9. The van der Waals surface area contributed by atoms with Gasteiger partial charge >= 0.3 is 0 Å². The third kappa shape index (κ3) is 49.5. The third-order valence-corrected chi connectivity index (χ3v) is 24.4. The Morgan fingerprint density at radius 2 is 0.507 bits per heavy atom. The van der Waals surface area contributed by atoms with Crippen molar-refractivity contribution < 1.29 is 96.3 Å². The van der Waals surface area contributed by atoms with Crippen LogP contribution >= 0.6 is 0 Å². The number of pyridine rings is 3. The molecule has 0 bridgehead atoms. The van der Waals surface area contributed by atoms with Crippen LogP contribution < -0.4 is 110 Å². The Morgan fingerprint density at radius 3 is 0.729 bits per heavy atom. The number of likely N-dealkylation sites (N-methyl/N-ethyl adjacent to an activating group) is 3. The van der Waals surface area contributed by atoms with E-state index in [1.165, 1.54) is 73.6 Å². The molecule has 3 heterocycles. The Kier molecular flexibility index (Phi) is 63.9. The molecule has 15 amide bonds. The number of aliphatic hydroxyl groups excluding tert-OH is 2. The highest BCUT2D eigenvalue weighted by atomic mass is 16.5. The van der Waals surface area contributed by atoms with Crippen molar-refractivity contribution in [3.05, 3.63) is 106 Å². The van der Waals surface area contributed by atoms with Gasteiger partial charge in [-0.3, -0.25) is 71.9 Å². The molecule has 816 valence electrons. The lowest BCUT2D eigenvalue weighted by Crippen LogP contribution is -2.59. The van der Waals surface area contributed by atoms with Gasteiger partial charge in [0.2, 0.25) is 70.9 Å². The van der Waals surface area contributed by atoms with Crippen LogP contribution in [0, 0.1) is 74.8 Å². The van der Waals surface area contributed by atoms with Crippen LogP contribution in [0.3, 0.4) is 0 Å². The minimum atomic E-state index is -1.02. The van der Waals surface area contributed by atoms with Crippen molar-refractivity contribution >= 4 is 88.6 Å². The summed E-state index contributed by atoms with van der Waals surface area (Å²) < 4.78 is 1.69. The molecule has 3 rings (SSSR count). The van der Waals surface area contributed by atoms with Crippen LogP contribution in [0.1, 0.15) is 301 Å². The molecule has 41 nitrogen and oxygen atoms in total. The lowest BCUT2D eigenvalue weighted by Gasteiger charge is -2.30. The minimum absolute atomic E-state index is 0.103. The molecule has 0 aliphatic heterocycles. The highest BCUT2D eigenvalue weighted by Gasteiger charge is 2.39. The second-order valence-electron chi connectivity index (χ2n) is 40.0. The van der Waals surface area contributed by atoms with Crippen LogP contribution in [0.25, 0.3) is 0 Å². The number of aromatic nitrogens is 3. The highest BCUT2D eigenvalue weighted by Crippen LogP contribution is 2.19. The third-order valence-electron chi connectivity index (χ3n) is 24.4. The summed E-state index contributed by atoms with van der Waals surface area (Å²) in [6, 6.07) is -2.96. The van der Waals surface area contributed by atoms with Gasteiger partial charge in [0.1, 0.15) is 60.4 Å². The molecule has 0 aromatic carbocycles. The standard InChI is InChI=1S/C36H63N7O6.C34H59N7O7.C33H57N7O7/c1-11-14-28(40-36(48)31(25(10)12-2)42-32(44)26-15-17-43(49)18-16-26)33(45)39-27(19-22(4)5)21-38-29(20-23(6)7)34(46)41-30(24(8)9)35(47)37-13-3;1-9-12-27(38-34(47)29(23(8)10-2)40-30(43)24-13-16-41(48)17-14-24)32(45)37-25(19-21(4)5)20-36-26(15-18-42)31(44)39-28(22(6)7)33(46)35-11-3;1-9-12-25(37-33(46)28(22(8)10-2)39-29(42)23-13-15-40(47)16-14-23)30(43)36-24(17-20(4)5)18-35-26(19-41)31(44)38-27(21(6)7)32(45)34-11-3/h15-18,22-25,27-31,38H,11-14,19-21H2,1-10H3,(H,37,47)(H,39,45)(H,40,48)(H,41,46)(H,42,44);13-14,16-17,21-23,25-29,36,42H,9-12,15,18-20H2,1-8H3,(H,35,46)(H,37,45)(H,38,47)(H,39,44)(H,40,43);13-16,20-22,24-28,35,41H,9-12,17-19H2,1-8H3,(H,34,45)(H,36,43)(H,37,46)(H,38,44)(H,39,42)/t25-,27-,28-,29-,30-,31-;23-,25-,26-,27-,28-,29-;22-,24-,25-,26-,27-,28-/m000/s1. The molecule has 3 aromatic rings. The fourth-order valence-electron chi connectivity index (χ4n) is 15.6. The first-order chi connectivity index (χ1) is 67.9. The van der Waals surface area contributed by atoms with Gasteiger partial charge in [0.05, 0.1) is 35.4 Å². The van der Waals surface area contributed by atoms with E-state index in [-0.39, 0.29) is 138 Å². The molecule has 0 saturated heterocycles. The fourth-order valence-corrected chi connectivity index (χ4v) is 15.6. The molecule has 0 radical (unpaired) electrons. The molecule has 144 heavy (non-hydrogen) atoms. The van der Waals surface area contributed by atoms with E-state index in [0.717, 1.165) is 0 Å². The summed E-state index contributed by atoms with van der Waals surface area (Å²) in [5.74, 6) is -6.60. The zero-order chi connectivity index (χ0) is 109. The number of nitrogens with zero attached hydrogens (tertiary/aromatic N) is 3. The number of carbonyl (C=O) groups is 15. The predicted octanol–water partition coefficient (Wildman–Crippen LogP) is 3.97. The normalized spacial score (nSPS) is 15.1. The summed E-state index contributed by atoms with van der Waals surface area (Å²) in [5.41, 5.74) is 0.699. The van der Waals surface area contributed by atoms with Crippen molar-refractivity contribution in [1.29, 1.82) is 0 Å². The molecular weight excluding hydrogens is 1850 g/mol. The van der Waals surface area contributed by atoms with Gasteiger partial charge in [0.15, 0.2) is 37.2 Å². The van der Waals surface area contributed by atoms with Crippen LogP contribution in [0.2, 0.25) is 0 Å². The SMILES string of the molecule is CCC[C@H](NC(=O)[C@@H](NC(=O)c1cc[n+]([O-])cc1)[C@@H](C)CC)C(=O)N[C@H](CN[C@@H](CC(C)C)C(=O)N[C@H](C(=O)NCC)C(C)C)CC(C)C.CCC[C@H](NC(=O)[C@@H](NC(=O)c1cc[n+]([O-])cc1)[C@@H](C)CC)C(=O)N[C@H](CN[C@@H](CCO)C(=O)N[C@H](C(=O)NCC)C(C)C)CC(C)C.CCC[C@H](NC(=O)[C@@H](NC(=O)c1cc[n+]([O-])cc1)[C@@H](C)CC)C(=O)N[C@H](CN[C@@H](CO)C(=O)N[C@H](C(=O)NCC)C(C)C)CC(C)C. The van der Waals surface area contributed by atoms with E-state index in [9.17, 15) is 97.8 Å². The topological polar surface area (TPSA) is 594 Å². The fraction of sp³-hybridized carbons (Fsp3) is 0.709. The van der Waals surface area contributed by atoms with Crippen molar-refractivity contribution in [1.82, 2.24) is 95.7 Å². The van der Waals surface area contributed by atoms with E-state index in [2.05, 4.69) is 95.7 Å². The second-order valence-corrected chi connectivity index (χ2v) is 40.0. The van der Waals surface area contributed by atoms with E-state index < -0.39 is 150 Å². The van der Waals surface area contributed by atoms with Crippen molar-refractivity contribution in [3.63, 3.8) is 0 Å². The maximum absolute atomic E-state index is 13.7. The van der Waals surface area contributed by atoms with Crippen LogP contribution in [0.5, 0.6) is 0 Å². The molecule has 18 atom stereocenters. The van der Waals surface area contributed by atoms with E-state index in [1.807, 2.05) is 166 Å². The molecule has 0 spiro atoms. The maximum atomic E-state index is 13.7.